The van der Waals surface area contributed by atoms with Crippen LogP contribution in [-0.2, 0) is 13.6 Å². The van der Waals surface area contributed by atoms with Gasteiger partial charge in [0, 0.05) is 26.2 Å². The molecule has 24 heavy (non-hydrogen) atoms. The Morgan fingerprint density at radius 3 is 1.62 bits per heavy atom. The predicted molar refractivity (Wildman–Crippen MR) is 93.2 cm³/mol. The topological polar surface area (TPSA) is 80.7 Å². The fourth-order valence-electron chi connectivity index (χ4n) is 3.08. The maximum absolute atomic E-state index is 13.1. The monoisotopic (exact) mass is 355 g/mol. The van der Waals surface area contributed by atoms with Gasteiger partial charge in [-0.3, -0.25) is 4.57 Å². The van der Waals surface area contributed by atoms with Gasteiger partial charge in [-0.1, -0.05) is 0 Å². The SMILES string of the molecule is CCOP(=O)(OCC)c1nc(N2CCCC2)nc(N2CCCC2)n1. The van der Waals surface area contributed by atoms with Crippen molar-refractivity contribution in [3.63, 3.8) is 0 Å². The zero-order chi connectivity index (χ0) is 17.0. The number of nitrogens with zero attached hydrogens (tertiary/aromatic N) is 5. The minimum atomic E-state index is -3.52. The van der Waals surface area contributed by atoms with Crippen LogP contribution in [0.15, 0.2) is 0 Å². The van der Waals surface area contributed by atoms with Gasteiger partial charge in [0.2, 0.25) is 17.5 Å². The lowest BCUT2D eigenvalue weighted by atomic mass is 10.4. The molecule has 1 aromatic rings. The number of aromatic nitrogens is 3. The van der Waals surface area contributed by atoms with Crippen LogP contribution < -0.4 is 15.4 Å². The van der Waals surface area contributed by atoms with Crippen molar-refractivity contribution in [3.8, 4) is 0 Å². The zero-order valence-electron chi connectivity index (χ0n) is 14.5. The molecule has 9 heteroatoms. The number of hydrogen-bond donors (Lipinski definition) is 0. The van der Waals surface area contributed by atoms with Crippen LogP contribution in [0.2, 0.25) is 0 Å². The predicted octanol–water partition coefficient (Wildman–Crippen LogP) is 1.96. The number of rotatable bonds is 7. The summed E-state index contributed by atoms with van der Waals surface area (Å²) in [6.45, 7) is 7.78. The molecule has 0 saturated carbocycles. The molecule has 0 amide bonds. The van der Waals surface area contributed by atoms with Crippen molar-refractivity contribution < 1.29 is 13.6 Å². The lowest BCUT2D eigenvalue weighted by Crippen LogP contribution is -2.31. The quantitative estimate of drug-likeness (QED) is 0.687. The van der Waals surface area contributed by atoms with E-state index in [1.54, 1.807) is 13.8 Å². The first-order chi connectivity index (χ1) is 11.7. The summed E-state index contributed by atoms with van der Waals surface area (Å²) in [6, 6.07) is 0. The van der Waals surface area contributed by atoms with Crippen LogP contribution in [0.1, 0.15) is 39.5 Å². The summed E-state index contributed by atoms with van der Waals surface area (Å²) in [6.07, 6.45) is 4.48. The van der Waals surface area contributed by atoms with E-state index >= 15 is 0 Å². The minimum absolute atomic E-state index is 0.130. The molecule has 0 bridgehead atoms. The Hall–Kier alpha value is -1.24. The average molecular weight is 355 g/mol. The van der Waals surface area contributed by atoms with Gasteiger partial charge in [0.25, 0.3) is 0 Å². The van der Waals surface area contributed by atoms with Crippen molar-refractivity contribution in [2.75, 3.05) is 49.2 Å². The summed E-state index contributed by atoms with van der Waals surface area (Å²) in [4.78, 5) is 17.8. The van der Waals surface area contributed by atoms with Crippen molar-refractivity contribution >= 4 is 25.1 Å². The van der Waals surface area contributed by atoms with E-state index in [4.69, 9.17) is 9.05 Å². The highest BCUT2D eigenvalue weighted by molar-refractivity contribution is 7.61. The van der Waals surface area contributed by atoms with E-state index in [1.165, 1.54) is 0 Å². The van der Waals surface area contributed by atoms with Gasteiger partial charge in [0.05, 0.1) is 13.2 Å². The lowest BCUT2D eigenvalue weighted by molar-refractivity contribution is 0.228. The molecule has 2 aliphatic heterocycles. The van der Waals surface area contributed by atoms with Crippen molar-refractivity contribution in [2.45, 2.75) is 39.5 Å². The molecule has 2 fully saturated rings. The van der Waals surface area contributed by atoms with E-state index in [1.807, 2.05) is 0 Å². The Morgan fingerprint density at radius 2 is 1.25 bits per heavy atom. The zero-order valence-corrected chi connectivity index (χ0v) is 15.4. The van der Waals surface area contributed by atoms with Crippen molar-refractivity contribution in [1.82, 2.24) is 15.0 Å². The maximum Gasteiger partial charge on any atom is 0.398 e. The number of anilines is 2. The summed E-state index contributed by atoms with van der Waals surface area (Å²) in [5, 5.41) is 0. The Labute approximate surface area is 143 Å². The molecule has 1 aromatic heterocycles. The highest BCUT2D eigenvalue weighted by Gasteiger charge is 2.34. The van der Waals surface area contributed by atoms with Crippen LogP contribution in [0, 0.1) is 0 Å². The fourth-order valence-corrected chi connectivity index (χ4v) is 4.48. The minimum Gasteiger partial charge on any atom is -0.341 e. The molecule has 2 saturated heterocycles. The average Bonchev–Trinajstić information content (AvgIpc) is 3.28. The summed E-state index contributed by atoms with van der Waals surface area (Å²) >= 11 is 0. The second-order valence-corrected chi connectivity index (χ2v) is 7.87. The Kier molecular flexibility index (Phi) is 5.69. The first-order valence-corrected chi connectivity index (χ1v) is 10.4. The molecule has 3 rings (SSSR count). The smallest absolute Gasteiger partial charge is 0.341 e. The van der Waals surface area contributed by atoms with Gasteiger partial charge in [-0.2, -0.15) is 15.0 Å². The van der Waals surface area contributed by atoms with E-state index in [9.17, 15) is 4.57 Å². The third kappa shape index (κ3) is 3.71. The van der Waals surface area contributed by atoms with Crippen molar-refractivity contribution in [3.05, 3.63) is 0 Å². The van der Waals surface area contributed by atoms with E-state index in [0.29, 0.717) is 11.9 Å². The van der Waals surface area contributed by atoms with E-state index in [0.717, 1.165) is 51.9 Å². The maximum atomic E-state index is 13.1. The molecular weight excluding hydrogens is 329 g/mol. The molecular formula is C15H26N5O3P. The number of hydrogen-bond acceptors (Lipinski definition) is 8. The Balaban J connectivity index is 2.01. The summed E-state index contributed by atoms with van der Waals surface area (Å²) in [7, 11) is -3.52. The molecule has 0 spiro atoms. The van der Waals surface area contributed by atoms with Gasteiger partial charge >= 0.3 is 7.60 Å². The standard InChI is InChI=1S/C15H26N5O3P/c1-3-22-24(21,23-4-2)15-17-13(19-9-5-6-10-19)16-14(18-15)20-11-7-8-12-20/h3-12H2,1-2H3. The Morgan fingerprint density at radius 1 is 0.833 bits per heavy atom. The van der Waals surface area contributed by atoms with Gasteiger partial charge in [0.1, 0.15) is 0 Å². The van der Waals surface area contributed by atoms with Crippen LogP contribution in [0.3, 0.4) is 0 Å². The Bertz CT molecular complexity index is 559. The van der Waals surface area contributed by atoms with Gasteiger partial charge in [-0.25, -0.2) is 0 Å². The van der Waals surface area contributed by atoms with Gasteiger partial charge < -0.3 is 18.8 Å². The van der Waals surface area contributed by atoms with Crippen LogP contribution >= 0.6 is 7.60 Å². The molecule has 3 heterocycles. The highest BCUT2D eigenvalue weighted by atomic mass is 31.2. The van der Waals surface area contributed by atoms with Gasteiger partial charge in [-0.05, 0) is 39.5 Å². The molecule has 0 unspecified atom stereocenters. The summed E-state index contributed by atoms with van der Waals surface area (Å²) in [5.74, 6) is 1.16. The largest absolute Gasteiger partial charge is 0.398 e. The molecule has 0 radical (unpaired) electrons. The van der Waals surface area contributed by atoms with Gasteiger partial charge in [-0.15, -0.1) is 0 Å². The molecule has 0 N–H and O–H groups in total. The third-order valence-electron chi connectivity index (χ3n) is 4.22. The second-order valence-electron chi connectivity index (χ2n) is 5.96. The van der Waals surface area contributed by atoms with Crippen molar-refractivity contribution in [1.29, 1.82) is 0 Å². The summed E-state index contributed by atoms with van der Waals surface area (Å²) < 4.78 is 24.0. The normalized spacial score (nSPS) is 18.6. The van der Waals surface area contributed by atoms with Gasteiger partial charge in [0.15, 0.2) is 0 Å². The second kappa shape index (κ2) is 7.76. The lowest BCUT2D eigenvalue weighted by Gasteiger charge is -2.22. The van der Waals surface area contributed by atoms with Crippen LogP contribution in [0.25, 0.3) is 0 Å². The van der Waals surface area contributed by atoms with E-state index < -0.39 is 7.60 Å². The van der Waals surface area contributed by atoms with Crippen molar-refractivity contribution in [2.24, 2.45) is 0 Å². The molecule has 0 atom stereocenters. The van der Waals surface area contributed by atoms with Crippen LogP contribution in [0.5, 0.6) is 0 Å². The first kappa shape index (κ1) is 17.6. The summed E-state index contributed by atoms with van der Waals surface area (Å²) in [5.41, 5.74) is 0.130. The molecule has 2 aliphatic rings. The molecule has 8 nitrogen and oxygen atoms in total. The molecule has 0 aliphatic carbocycles. The van der Waals surface area contributed by atoms with Crippen LogP contribution in [-0.4, -0.2) is 54.3 Å². The van der Waals surface area contributed by atoms with Crippen LogP contribution in [0.4, 0.5) is 11.9 Å². The molecule has 0 aromatic carbocycles. The fraction of sp³-hybridized carbons (Fsp3) is 0.800. The van der Waals surface area contributed by atoms with E-state index in [-0.39, 0.29) is 18.8 Å². The highest BCUT2D eigenvalue weighted by Crippen LogP contribution is 2.46. The molecule has 134 valence electrons. The third-order valence-corrected chi connectivity index (χ3v) is 6.11. The first-order valence-electron chi connectivity index (χ1n) is 8.82. The van der Waals surface area contributed by atoms with E-state index in [2.05, 4.69) is 24.8 Å².